The van der Waals surface area contributed by atoms with E-state index in [1.54, 1.807) is 23.9 Å². The minimum Gasteiger partial charge on any atom is -0.444 e. The van der Waals surface area contributed by atoms with Gasteiger partial charge in [0.05, 0.1) is 5.54 Å². The van der Waals surface area contributed by atoms with E-state index in [0.29, 0.717) is 16.6 Å². The fraction of sp³-hybridized carbons (Fsp3) is 0.400. The third-order valence-corrected chi connectivity index (χ3v) is 6.81. The first-order chi connectivity index (χ1) is 15.2. The normalized spacial score (nSPS) is 22.5. The summed E-state index contributed by atoms with van der Waals surface area (Å²) < 4.78 is 5.40. The zero-order chi connectivity index (χ0) is 22.8. The molecule has 1 saturated carbocycles. The highest BCUT2D eigenvalue weighted by Crippen LogP contribution is 2.51. The number of carbonyl (C=O) groups is 2. The first kappa shape index (κ1) is 22.4. The van der Waals surface area contributed by atoms with Gasteiger partial charge >= 0.3 is 6.09 Å². The number of hydrogen-bond acceptors (Lipinski definition) is 5. The first-order valence-electron chi connectivity index (χ1n) is 10.9. The van der Waals surface area contributed by atoms with E-state index < -0.39 is 17.2 Å². The molecule has 1 fully saturated rings. The lowest BCUT2D eigenvalue weighted by molar-refractivity contribution is 0.0563. The Balaban J connectivity index is 1.58. The fourth-order valence-electron chi connectivity index (χ4n) is 4.38. The maximum Gasteiger partial charge on any atom is 0.413 e. The molecule has 6 nitrogen and oxygen atoms in total. The molecule has 0 bridgehead atoms. The van der Waals surface area contributed by atoms with E-state index in [0.717, 1.165) is 36.3 Å². The van der Waals surface area contributed by atoms with Crippen molar-refractivity contribution in [3.63, 3.8) is 0 Å². The number of ether oxygens (including phenoxy) is 1. The summed E-state index contributed by atoms with van der Waals surface area (Å²) in [6, 6.07) is 17.1. The summed E-state index contributed by atoms with van der Waals surface area (Å²) in [7, 11) is 0. The molecule has 4 rings (SSSR count). The summed E-state index contributed by atoms with van der Waals surface area (Å²) in [6.45, 7) is 5.52. The molecule has 2 N–H and O–H groups in total. The van der Waals surface area contributed by atoms with Gasteiger partial charge in [-0.3, -0.25) is 15.1 Å². The van der Waals surface area contributed by atoms with Crippen molar-refractivity contribution in [2.24, 2.45) is 10.9 Å². The van der Waals surface area contributed by atoms with Gasteiger partial charge in [-0.2, -0.15) is 0 Å². The Kier molecular flexibility index (Phi) is 6.29. The average molecular weight is 452 g/mol. The van der Waals surface area contributed by atoms with Gasteiger partial charge in [-0.25, -0.2) is 4.79 Å². The minimum atomic E-state index is -0.567. The van der Waals surface area contributed by atoms with Gasteiger partial charge in [-0.15, -0.1) is 0 Å². The standard InChI is InChI=1S/C25H29N3O3S/c1-24(2,3)31-23(30)27-22-28-25(14-8-12-19(25)16-32-22)18-11-7-13-20(15-18)26-21(29)17-9-5-4-6-10-17/h4-7,9-11,13,15,19H,8,12,14,16H2,1-3H3,(H,26,29)(H,27,28,30)/t19?,25-/m1/s1. The smallest absolute Gasteiger partial charge is 0.413 e. The molecule has 1 heterocycles. The topological polar surface area (TPSA) is 79.8 Å². The second kappa shape index (κ2) is 8.98. The summed E-state index contributed by atoms with van der Waals surface area (Å²) in [5.74, 6) is 1.13. The van der Waals surface area contributed by atoms with Crippen LogP contribution in [0.2, 0.25) is 0 Å². The first-order valence-corrected chi connectivity index (χ1v) is 11.9. The van der Waals surface area contributed by atoms with Crippen molar-refractivity contribution < 1.29 is 14.3 Å². The highest BCUT2D eigenvalue weighted by atomic mass is 32.2. The Morgan fingerprint density at radius 3 is 2.62 bits per heavy atom. The lowest BCUT2D eigenvalue weighted by Gasteiger charge is -2.37. The molecule has 2 aromatic rings. The molecule has 0 spiro atoms. The number of carbonyl (C=O) groups excluding carboxylic acids is 2. The zero-order valence-electron chi connectivity index (χ0n) is 18.7. The maximum atomic E-state index is 12.6. The van der Waals surface area contributed by atoms with Gasteiger partial charge in [-0.1, -0.05) is 48.5 Å². The van der Waals surface area contributed by atoms with Crippen LogP contribution in [0.5, 0.6) is 0 Å². The number of amides is 2. The predicted molar refractivity (Wildman–Crippen MR) is 129 cm³/mol. The third kappa shape index (κ3) is 4.99. The van der Waals surface area contributed by atoms with Crippen LogP contribution in [0.1, 0.15) is 56.0 Å². The van der Waals surface area contributed by atoms with Gasteiger partial charge < -0.3 is 10.1 Å². The molecular formula is C25H29N3O3S. The number of thioether (sulfide) groups is 1. The number of aliphatic imine (C=N–C) groups is 1. The van der Waals surface area contributed by atoms with Crippen LogP contribution >= 0.6 is 11.8 Å². The van der Waals surface area contributed by atoms with Gasteiger partial charge in [0.15, 0.2) is 5.17 Å². The number of nitrogens with one attached hydrogen (secondary N) is 2. The third-order valence-electron chi connectivity index (χ3n) is 5.77. The van der Waals surface area contributed by atoms with Crippen LogP contribution in [-0.2, 0) is 10.3 Å². The number of nitrogens with zero attached hydrogens (tertiary/aromatic N) is 1. The summed E-state index contributed by atoms with van der Waals surface area (Å²) in [4.78, 5) is 30.0. The lowest BCUT2D eigenvalue weighted by Crippen LogP contribution is -2.41. The van der Waals surface area contributed by atoms with Crippen LogP contribution in [-0.4, -0.2) is 28.5 Å². The van der Waals surface area contributed by atoms with Gasteiger partial charge in [0.2, 0.25) is 0 Å². The monoisotopic (exact) mass is 451 g/mol. The van der Waals surface area contributed by atoms with E-state index in [1.807, 2.05) is 57.2 Å². The Labute approximate surface area is 193 Å². The average Bonchev–Trinajstić information content (AvgIpc) is 3.17. The van der Waals surface area contributed by atoms with Gasteiger partial charge in [-0.05, 0) is 69.4 Å². The number of benzene rings is 2. The van der Waals surface area contributed by atoms with E-state index in [9.17, 15) is 9.59 Å². The van der Waals surface area contributed by atoms with Gasteiger partial charge in [0.1, 0.15) is 5.60 Å². The fourth-order valence-corrected chi connectivity index (χ4v) is 5.57. The van der Waals surface area contributed by atoms with E-state index in [4.69, 9.17) is 9.73 Å². The Morgan fingerprint density at radius 1 is 1.09 bits per heavy atom. The number of amidine groups is 1. The predicted octanol–water partition coefficient (Wildman–Crippen LogP) is 5.56. The molecule has 0 aromatic heterocycles. The van der Waals surface area contributed by atoms with Crippen molar-refractivity contribution in [2.75, 3.05) is 11.1 Å². The number of fused-ring (bicyclic) bond motifs is 1. The summed E-state index contributed by atoms with van der Waals surface area (Å²) >= 11 is 1.57. The van der Waals surface area contributed by atoms with Gasteiger partial charge in [0.25, 0.3) is 5.91 Å². The van der Waals surface area contributed by atoms with E-state index in [2.05, 4.69) is 16.7 Å². The quantitative estimate of drug-likeness (QED) is 0.640. The second-order valence-electron chi connectivity index (χ2n) is 9.27. The van der Waals surface area contributed by atoms with Crippen molar-refractivity contribution in [2.45, 2.75) is 51.2 Å². The molecule has 2 aromatic carbocycles. The molecule has 0 radical (unpaired) electrons. The van der Waals surface area contributed by atoms with E-state index >= 15 is 0 Å². The highest BCUT2D eigenvalue weighted by Gasteiger charge is 2.47. The minimum absolute atomic E-state index is 0.141. The van der Waals surface area contributed by atoms with Crippen LogP contribution in [0.25, 0.3) is 0 Å². The maximum absolute atomic E-state index is 12.6. The van der Waals surface area contributed by atoms with Crippen LogP contribution in [0.15, 0.2) is 59.6 Å². The van der Waals surface area contributed by atoms with Crippen molar-refractivity contribution in [3.8, 4) is 0 Å². The zero-order valence-corrected chi connectivity index (χ0v) is 19.5. The lowest BCUT2D eigenvalue weighted by atomic mass is 9.81. The van der Waals surface area contributed by atoms with Crippen LogP contribution < -0.4 is 10.6 Å². The molecule has 7 heteroatoms. The Hall–Kier alpha value is -2.80. The van der Waals surface area contributed by atoms with E-state index in [-0.39, 0.29) is 5.91 Å². The molecular weight excluding hydrogens is 422 g/mol. The molecule has 2 aliphatic rings. The summed E-state index contributed by atoms with van der Waals surface area (Å²) in [6.07, 6.45) is 2.60. The van der Waals surface area contributed by atoms with Crippen LogP contribution in [0, 0.1) is 5.92 Å². The second-order valence-corrected chi connectivity index (χ2v) is 10.3. The summed E-state index contributed by atoms with van der Waals surface area (Å²) in [5.41, 5.74) is 1.46. The van der Waals surface area contributed by atoms with Crippen molar-refractivity contribution >= 4 is 34.6 Å². The van der Waals surface area contributed by atoms with Crippen molar-refractivity contribution in [1.29, 1.82) is 0 Å². The number of hydrogen-bond donors (Lipinski definition) is 2. The summed E-state index contributed by atoms with van der Waals surface area (Å²) in [5, 5.41) is 6.43. The molecule has 1 unspecified atom stereocenters. The Morgan fingerprint density at radius 2 is 1.88 bits per heavy atom. The SMILES string of the molecule is CC(C)(C)OC(=O)NC1=N[C@@]2(c3cccc(NC(=O)c4ccccc4)c3)CCCC2CS1. The molecule has 168 valence electrons. The Bertz CT molecular complexity index is 1030. The van der Waals surface area contributed by atoms with Crippen molar-refractivity contribution in [1.82, 2.24) is 5.32 Å². The number of alkyl carbamates (subject to hydrolysis) is 1. The molecule has 0 saturated heterocycles. The molecule has 32 heavy (non-hydrogen) atoms. The van der Waals surface area contributed by atoms with Gasteiger partial charge in [0, 0.05) is 17.0 Å². The highest BCUT2D eigenvalue weighted by molar-refractivity contribution is 8.13. The van der Waals surface area contributed by atoms with Crippen molar-refractivity contribution in [3.05, 3.63) is 65.7 Å². The molecule has 2 amide bonds. The van der Waals surface area contributed by atoms with Crippen LogP contribution in [0.4, 0.5) is 10.5 Å². The van der Waals surface area contributed by atoms with Crippen LogP contribution in [0.3, 0.4) is 0 Å². The number of rotatable bonds is 3. The molecule has 1 aliphatic heterocycles. The number of anilines is 1. The molecule has 1 aliphatic carbocycles. The molecule has 2 atom stereocenters. The van der Waals surface area contributed by atoms with E-state index in [1.165, 1.54) is 0 Å². The largest absolute Gasteiger partial charge is 0.444 e.